The van der Waals surface area contributed by atoms with Crippen molar-refractivity contribution in [2.24, 2.45) is 5.92 Å². The fraction of sp³-hybridized carbons (Fsp3) is 0.400. The second-order valence-corrected chi connectivity index (χ2v) is 17.2. The third-order valence-corrected chi connectivity index (χ3v) is 12.9. The molecule has 1 fully saturated rings. The lowest BCUT2D eigenvalue weighted by Gasteiger charge is -2.44. The van der Waals surface area contributed by atoms with E-state index in [-0.39, 0.29) is 29.0 Å². The predicted octanol–water partition coefficient (Wildman–Crippen LogP) is 6.35. The summed E-state index contributed by atoms with van der Waals surface area (Å²) in [5.74, 6) is -0.0800. The van der Waals surface area contributed by atoms with Crippen LogP contribution in [0, 0.1) is 5.92 Å². The third kappa shape index (κ3) is 6.49. The van der Waals surface area contributed by atoms with E-state index in [2.05, 4.69) is 105 Å². The molecule has 5 heteroatoms. The van der Waals surface area contributed by atoms with E-state index < -0.39 is 13.9 Å². The Bertz CT molecular complexity index is 1210. The molecule has 1 aliphatic rings. The van der Waals surface area contributed by atoms with Crippen molar-refractivity contribution in [1.82, 2.24) is 4.90 Å². The molecule has 0 aromatic heterocycles. The number of ether oxygens (including phenoxy) is 1. The molecule has 0 radical (unpaired) electrons. The number of hydrogen-bond donors (Lipinski definition) is 0. The molecule has 0 aliphatic carbocycles. The normalized spacial score (nSPS) is 20.3. The Balaban J connectivity index is 1.71. The van der Waals surface area contributed by atoms with Gasteiger partial charge in [0.1, 0.15) is 11.6 Å². The van der Waals surface area contributed by atoms with Crippen molar-refractivity contribution in [3.8, 4) is 0 Å². The van der Waals surface area contributed by atoms with Crippen LogP contribution in [0.4, 0.5) is 0 Å². The maximum absolute atomic E-state index is 13.5. The van der Waals surface area contributed by atoms with E-state index >= 15 is 0 Å². The van der Waals surface area contributed by atoms with E-state index in [1.54, 1.807) is 0 Å². The molecule has 0 bridgehead atoms. The van der Waals surface area contributed by atoms with Crippen LogP contribution in [0.5, 0.6) is 0 Å². The number of esters is 1. The fourth-order valence-electron chi connectivity index (χ4n) is 6.14. The molecular formula is C35H45NO3Si. The molecule has 4 nitrogen and oxygen atoms in total. The summed E-state index contributed by atoms with van der Waals surface area (Å²) in [7, 11) is -2.71. The van der Waals surface area contributed by atoms with Crippen LogP contribution in [0.3, 0.4) is 0 Å². The summed E-state index contributed by atoms with van der Waals surface area (Å²) in [5, 5.41) is 2.39. The van der Waals surface area contributed by atoms with Gasteiger partial charge in [-0.05, 0) is 48.2 Å². The maximum Gasteiger partial charge on any atom is 0.323 e. The molecule has 1 saturated heterocycles. The number of carbonyl (C=O) groups excluding carboxylic acids is 1. The topological polar surface area (TPSA) is 38.8 Å². The van der Waals surface area contributed by atoms with Gasteiger partial charge in [-0.3, -0.25) is 9.69 Å². The minimum Gasteiger partial charge on any atom is -0.459 e. The van der Waals surface area contributed by atoms with Gasteiger partial charge in [0, 0.05) is 25.1 Å². The Morgan fingerprint density at radius 1 is 0.875 bits per heavy atom. The second kappa shape index (κ2) is 12.3. The van der Waals surface area contributed by atoms with Gasteiger partial charge in [0.05, 0.1) is 0 Å². The zero-order valence-electron chi connectivity index (χ0n) is 25.0. The Morgan fingerprint density at radius 3 is 1.82 bits per heavy atom. The smallest absolute Gasteiger partial charge is 0.323 e. The van der Waals surface area contributed by atoms with E-state index in [0.717, 1.165) is 5.56 Å². The standard InChI is InChI=1S/C35H45NO3Si/c1-8-31-28(24-32(33(37)39-34(2,3)4)36(31)25-27-18-12-9-13-19-27)26-38-40(35(5,6)7,29-20-14-10-15-21-29)30-22-16-11-17-23-30/h8-23,28,31-32H,1,24-26H2,2-7H3/t28-,31+,32+/m0/s1. The number of likely N-dealkylation sites (tertiary alicyclic amines) is 1. The van der Waals surface area contributed by atoms with Gasteiger partial charge in [-0.25, -0.2) is 0 Å². The van der Waals surface area contributed by atoms with Crippen LogP contribution in [0.25, 0.3) is 0 Å². The number of carbonyl (C=O) groups is 1. The Kier molecular flexibility index (Phi) is 9.18. The molecule has 1 heterocycles. The first-order valence-electron chi connectivity index (χ1n) is 14.4. The fourth-order valence-corrected chi connectivity index (χ4v) is 10.8. The monoisotopic (exact) mass is 555 g/mol. The van der Waals surface area contributed by atoms with E-state index in [9.17, 15) is 4.79 Å². The highest BCUT2D eigenvalue weighted by atomic mass is 28.4. The summed E-state index contributed by atoms with van der Waals surface area (Å²) in [6.45, 7) is 18.1. The summed E-state index contributed by atoms with van der Waals surface area (Å²) in [6.07, 6.45) is 2.66. The third-order valence-electron chi connectivity index (χ3n) is 7.85. The van der Waals surface area contributed by atoms with Crippen molar-refractivity contribution >= 4 is 24.7 Å². The molecule has 0 unspecified atom stereocenters. The van der Waals surface area contributed by atoms with Crippen LogP contribution in [-0.4, -0.2) is 43.5 Å². The molecule has 0 saturated carbocycles. The Morgan fingerprint density at radius 2 is 1.38 bits per heavy atom. The summed E-state index contributed by atoms with van der Waals surface area (Å²) < 4.78 is 13.2. The molecular weight excluding hydrogens is 510 g/mol. The average Bonchev–Trinajstić information content (AvgIpc) is 3.26. The molecule has 212 valence electrons. The van der Waals surface area contributed by atoms with Crippen LogP contribution in [-0.2, 0) is 20.5 Å². The van der Waals surface area contributed by atoms with Gasteiger partial charge in [-0.2, -0.15) is 0 Å². The van der Waals surface area contributed by atoms with E-state index in [4.69, 9.17) is 9.16 Å². The van der Waals surface area contributed by atoms with Gasteiger partial charge in [-0.15, -0.1) is 6.58 Å². The number of hydrogen-bond acceptors (Lipinski definition) is 4. The van der Waals surface area contributed by atoms with E-state index in [1.165, 1.54) is 10.4 Å². The van der Waals surface area contributed by atoms with E-state index in [1.807, 2.05) is 45.0 Å². The molecule has 3 atom stereocenters. The average molecular weight is 556 g/mol. The first-order chi connectivity index (χ1) is 19.0. The van der Waals surface area contributed by atoms with Crippen molar-refractivity contribution in [3.63, 3.8) is 0 Å². The minimum atomic E-state index is -2.71. The summed E-state index contributed by atoms with van der Waals surface area (Å²) in [4.78, 5) is 15.8. The highest BCUT2D eigenvalue weighted by molar-refractivity contribution is 6.99. The molecule has 3 aromatic carbocycles. The van der Waals surface area contributed by atoms with Gasteiger partial charge >= 0.3 is 5.97 Å². The lowest BCUT2D eigenvalue weighted by molar-refractivity contribution is -0.160. The number of rotatable bonds is 9. The Hall–Kier alpha value is -2.99. The highest BCUT2D eigenvalue weighted by Gasteiger charge is 2.52. The zero-order chi connectivity index (χ0) is 29.0. The van der Waals surface area contributed by atoms with Crippen molar-refractivity contribution < 1.29 is 14.0 Å². The molecule has 0 spiro atoms. The SMILES string of the molecule is C=C[C@@H]1[C@H](CO[Si](c2ccccc2)(c2ccccc2)C(C)(C)C)C[C@H](C(=O)OC(C)(C)C)N1Cc1ccccc1. The maximum atomic E-state index is 13.5. The lowest BCUT2D eigenvalue weighted by Crippen LogP contribution is -2.67. The van der Waals surface area contributed by atoms with Crippen LogP contribution in [0.15, 0.2) is 104 Å². The van der Waals surface area contributed by atoms with Gasteiger partial charge < -0.3 is 9.16 Å². The molecule has 40 heavy (non-hydrogen) atoms. The lowest BCUT2D eigenvalue weighted by atomic mass is 10.00. The van der Waals surface area contributed by atoms with Crippen LogP contribution < -0.4 is 10.4 Å². The van der Waals surface area contributed by atoms with Gasteiger partial charge in [0.15, 0.2) is 0 Å². The first-order valence-corrected chi connectivity index (χ1v) is 16.3. The largest absolute Gasteiger partial charge is 0.459 e. The number of nitrogens with zero attached hydrogens (tertiary/aromatic N) is 1. The second-order valence-electron chi connectivity index (χ2n) is 12.9. The predicted molar refractivity (Wildman–Crippen MR) is 167 cm³/mol. The summed E-state index contributed by atoms with van der Waals surface area (Å²) in [6, 6.07) is 31.4. The van der Waals surface area contributed by atoms with Crippen molar-refractivity contribution in [2.75, 3.05) is 6.61 Å². The zero-order valence-corrected chi connectivity index (χ0v) is 26.0. The first kappa shape index (κ1) is 30.0. The quantitative estimate of drug-likeness (QED) is 0.175. The minimum absolute atomic E-state index is 0.0176. The van der Waals surface area contributed by atoms with Gasteiger partial charge in [0.25, 0.3) is 8.32 Å². The van der Waals surface area contributed by atoms with Crippen LogP contribution >= 0.6 is 0 Å². The van der Waals surface area contributed by atoms with Crippen molar-refractivity contribution in [2.45, 2.75) is 77.2 Å². The summed E-state index contributed by atoms with van der Waals surface area (Å²) in [5.41, 5.74) is 0.610. The molecule has 0 N–H and O–H groups in total. The van der Waals surface area contributed by atoms with Gasteiger partial charge in [-0.1, -0.05) is 118 Å². The summed E-state index contributed by atoms with van der Waals surface area (Å²) >= 11 is 0. The molecule has 0 amide bonds. The van der Waals surface area contributed by atoms with Crippen molar-refractivity contribution in [1.29, 1.82) is 0 Å². The molecule has 1 aliphatic heterocycles. The van der Waals surface area contributed by atoms with Crippen LogP contribution in [0.1, 0.15) is 53.5 Å². The highest BCUT2D eigenvalue weighted by Crippen LogP contribution is 2.39. The Labute approximate surface area is 242 Å². The van der Waals surface area contributed by atoms with Crippen LogP contribution in [0.2, 0.25) is 5.04 Å². The number of benzene rings is 3. The van der Waals surface area contributed by atoms with E-state index in [0.29, 0.717) is 19.6 Å². The molecule has 4 rings (SSSR count). The van der Waals surface area contributed by atoms with Crippen molar-refractivity contribution in [3.05, 3.63) is 109 Å². The van der Waals surface area contributed by atoms with Gasteiger partial charge in [0.2, 0.25) is 0 Å². The molecule has 3 aromatic rings.